The molecule has 2 aliphatic rings. The highest BCUT2D eigenvalue weighted by molar-refractivity contribution is 9.10. The Kier molecular flexibility index (Phi) is 3.21. The van der Waals surface area contributed by atoms with Gasteiger partial charge in [-0.1, -0.05) is 47.0 Å². The second kappa shape index (κ2) is 4.75. The van der Waals surface area contributed by atoms with Gasteiger partial charge >= 0.3 is 0 Å². The van der Waals surface area contributed by atoms with Gasteiger partial charge in [0.25, 0.3) is 0 Å². The summed E-state index contributed by atoms with van der Waals surface area (Å²) in [7, 11) is 0. The summed E-state index contributed by atoms with van der Waals surface area (Å²) in [6, 6.07) is 7.85. The van der Waals surface area contributed by atoms with Gasteiger partial charge in [-0.25, -0.2) is 0 Å². The zero-order valence-electron chi connectivity index (χ0n) is 10.6. The highest BCUT2D eigenvalue weighted by Gasteiger charge is 2.50. The largest absolute Gasteiger partial charge is 0.296 e. The first-order valence-corrected chi connectivity index (χ1v) is 7.50. The number of halogens is 1. The summed E-state index contributed by atoms with van der Waals surface area (Å²) in [6.45, 7) is 0. The lowest BCUT2D eigenvalue weighted by Gasteiger charge is -2.40. The quantitative estimate of drug-likeness (QED) is 0.808. The summed E-state index contributed by atoms with van der Waals surface area (Å²) in [5.41, 5.74) is 0.845. The number of rotatable bonds is 1. The third-order valence-corrected chi connectivity index (χ3v) is 5.19. The minimum absolute atomic E-state index is 0.116. The lowest BCUT2D eigenvalue weighted by molar-refractivity contribution is -0.139. The van der Waals surface area contributed by atoms with Crippen molar-refractivity contribution < 1.29 is 9.59 Å². The van der Waals surface area contributed by atoms with E-state index in [2.05, 4.69) is 21.2 Å². The molecule has 2 fully saturated rings. The number of piperidine rings is 1. The molecule has 1 unspecified atom stereocenters. The van der Waals surface area contributed by atoms with E-state index in [1.54, 1.807) is 0 Å². The average Bonchev–Trinajstić information content (AvgIpc) is 2.79. The monoisotopic (exact) mass is 321 g/mol. The smallest absolute Gasteiger partial charge is 0.234 e. The summed E-state index contributed by atoms with van der Waals surface area (Å²) in [4.78, 5) is 24.1. The fraction of sp³-hybridized carbons (Fsp3) is 0.467. The van der Waals surface area contributed by atoms with Crippen LogP contribution in [0.5, 0.6) is 0 Å². The Balaban J connectivity index is 2.08. The van der Waals surface area contributed by atoms with Crippen LogP contribution in [0, 0.1) is 5.41 Å². The molecule has 0 aromatic heterocycles. The van der Waals surface area contributed by atoms with Crippen molar-refractivity contribution in [3.05, 3.63) is 34.3 Å². The number of carbonyl (C=O) groups excluding carboxylic acids is 2. The number of hydrogen-bond donors (Lipinski definition) is 1. The molecule has 1 aromatic rings. The summed E-state index contributed by atoms with van der Waals surface area (Å²) in [5.74, 6) is -0.455. The van der Waals surface area contributed by atoms with Crippen LogP contribution in [0.1, 0.15) is 43.6 Å². The van der Waals surface area contributed by atoms with Gasteiger partial charge < -0.3 is 0 Å². The van der Waals surface area contributed by atoms with Gasteiger partial charge in [-0.3, -0.25) is 14.9 Å². The molecule has 4 heteroatoms. The molecule has 2 amide bonds. The maximum Gasteiger partial charge on any atom is 0.234 e. The molecule has 100 valence electrons. The topological polar surface area (TPSA) is 46.2 Å². The number of imide groups is 1. The molecule has 1 N–H and O–H groups in total. The Morgan fingerprint density at radius 2 is 1.84 bits per heavy atom. The fourth-order valence-corrected chi connectivity index (χ4v) is 4.19. The predicted molar refractivity (Wildman–Crippen MR) is 75.6 cm³/mol. The van der Waals surface area contributed by atoms with Crippen LogP contribution in [0.3, 0.4) is 0 Å². The Labute approximate surface area is 120 Å². The van der Waals surface area contributed by atoms with Crippen molar-refractivity contribution in [2.45, 2.75) is 38.0 Å². The molecule has 1 saturated heterocycles. The van der Waals surface area contributed by atoms with Crippen LogP contribution in [-0.2, 0) is 9.59 Å². The molecule has 1 heterocycles. The van der Waals surface area contributed by atoms with Crippen molar-refractivity contribution in [3.8, 4) is 0 Å². The third-order valence-electron chi connectivity index (χ3n) is 4.47. The normalized spacial score (nSPS) is 25.6. The Hall–Kier alpha value is -1.16. The molecule has 1 saturated carbocycles. The minimum Gasteiger partial charge on any atom is -0.296 e. The Bertz CT molecular complexity index is 535. The lowest BCUT2D eigenvalue weighted by Crippen LogP contribution is -2.49. The van der Waals surface area contributed by atoms with Crippen molar-refractivity contribution >= 4 is 27.7 Å². The first-order chi connectivity index (χ1) is 9.12. The fourth-order valence-electron chi connectivity index (χ4n) is 3.68. The standard InChI is InChI=1S/C15H16BrNO2/c16-11-6-2-1-5-10(11)13-14(19)17-12(18)9-15(13)7-3-4-8-15/h1-2,5-6,13H,3-4,7-9H2,(H,17,18,19). The number of amides is 2. The van der Waals surface area contributed by atoms with E-state index in [9.17, 15) is 9.59 Å². The summed E-state index contributed by atoms with van der Waals surface area (Å²) in [6.07, 6.45) is 4.64. The van der Waals surface area contributed by atoms with Crippen LogP contribution in [0.15, 0.2) is 28.7 Å². The van der Waals surface area contributed by atoms with E-state index >= 15 is 0 Å². The predicted octanol–water partition coefficient (Wildman–Crippen LogP) is 3.14. The Morgan fingerprint density at radius 1 is 1.16 bits per heavy atom. The zero-order chi connectivity index (χ0) is 13.5. The SMILES string of the molecule is O=C1CC2(CCCC2)C(c2ccccc2Br)C(=O)N1. The number of carbonyl (C=O) groups is 2. The van der Waals surface area contributed by atoms with E-state index in [0.717, 1.165) is 35.7 Å². The van der Waals surface area contributed by atoms with Gasteiger partial charge in [0, 0.05) is 10.9 Å². The summed E-state index contributed by atoms with van der Waals surface area (Å²) in [5, 5.41) is 2.51. The molecule has 0 bridgehead atoms. The molecule has 1 aliphatic heterocycles. The maximum atomic E-state index is 12.4. The first kappa shape index (κ1) is 12.9. The van der Waals surface area contributed by atoms with Crippen LogP contribution in [0.2, 0.25) is 0 Å². The molecule has 3 rings (SSSR count). The average molecular weight is 322 g/mol. The second-order valence-corrected chi connectivity index (χ2v) is 6.47. The van der Waals surface area contributed by atoms with Crippen molar-refractivity contribution in [1.29, 1.82) is 0 Å². The van der Waals surface area contributed by atoms with E-state index < -0.39 is 0 Å². The van der Waals surface area contributed by atoms with Gasteiger partial charge in [0.2, 0.25) is 11.8 Å². The van der Waals surface area contributed by atoms with Crippen LogP contribution >= 0.6 is 15.9 Å². The first-order valence-electron chi connectivity index (χ1n) is 6.70. The van der Waals surface area contributed by atoms with Crippen LogP contribution in [0.25, 0.3) is 0 Å². The van der Waals surface area contributed by atoms with Gasteiger partial charge in [0.15, 0.2) is 0 Å². The van der Waals surface area contributed by atoms with Gasteiger partial charge in [-0.15, -0.1) is 0 Å². The van der Waals surface area contributed by atoms with Crippen LogP contribution in [0.4, 0.5) is 0 Å². The third kappa shape index (κ3) is 2.12. The molecule has 19 heavy (non-hydrogen) atoms. The molecule has 1 spiro atoms. The highest BCUT2D eigenvalue weighted by atomic mass is 79.9. The van der Waals surface area contributed by atoms with Crippen molar-refractivity contribution in [2.75, 3.05) is 0 Å². The number of nitrogens with one attached hydrogen (secondary N) is 1. The molecule has 1 atom stereocenters. The molecular formula is C15H16BrNO2. The lowest BCUT2D eigenvalue weighted by atomic mass is 9.66. The van der Waals surface area contributed by atoms with Crippen molar-refractivity contribution in [1.82, 2.24) is 5.32 Å². The van der Waals surface area contributed by atoms with E-state index in [1.807, 2.05) is 24.3 Å². The summed E-state index contributed by atoms with van der Waals surface area (Å²) < 4.78 is 0.954. The molecule has 0 radical (unpaired) electrons. The molecular weight excluding hydrogens is 306 g/mol. The van der Waals surface area contributed by atoms with E-state index in [4.69, 9.17) is 0 Å². The molecule has 1 aromatic carbocycles. The second-order valence-electron chi connectivity index (χ2n) is 5.61. The minimum atomic E-state index is -0.205. The zero-order valence-corrected chi connectivity index (χ0v) is 12.2. The number of benzene rings is 1. The van der Waals surface area contributed by atoms with Crippen molar-refractivity contribution in [3.63, 3.8) is 0 Å². The van der Waals surface area contributed by atoms with Gasteiger partial charge in [-0.05, 0) is 29.9 Å². The molecule has 3 nitrogen and oxygen atoms in total. The Morgan fingerprint density at radius 3 is 2.53 bits per heavy atom. The van der Waals surface area contributed by atoms with Gasteiger partial charge in [0.1, 0.15) is 0 Å². The van der Waals surface area contributed by atoms with Gasteiger partial charge in [0.05, 0.1) is 5.92 Å². The van der Waals surface area contributed by atoms with Gasteiger partial charge in [-0.2, -0.15) is 0 Å². The number of hydrogen-bond acceptors (Lipinski definition) is 2. The highest BCUT2D eigenvalue weighted by Crippen LogP contribution is 2.53. The van der Waals surface area contributed by atoms with E-state index in [-0.39, 0.29) is 23.1 Å². The van der Waals surface area contributed by atoms with E-state index in [0.29, 0.717) is 6.42 Å². The molecule has 1 aliphatic carbocycles. The maximum absolute atomic E-state index is 12.4. The van der Waals surface area contributed by atoms with Crippen LogP contribution in [-0.4, -0.2) is 11.8 Å². The van der Waals surface area contributed by atoms with Crippen molar-refractivity contribution in [2.24, 2.45) is 5.41 Å². The van der Waals surface area contributed by atoms with Crippen LogP contribution < -0.4 is 5.32 Å². The van der Waals surface area contributed by atoms with E-state index in [1.165, 1.54) is 0 Å². The summed E-state index contributed by atoms with van der Waals surface area (Å²) >= 11 is 3.54.